The Labute approximate surface area is 127 Å². The van der Waals surface area contributed by atoms with E-state index in [1.807, 2.05) is 13.0 Å². The first-order valence-electron chi connectivity index (χ1n) is 7.96. The lowest BCUT2D eigenvalue weighted by molar-refractivity contribution is -0.143. The molecule has 116 valence electrons. The van der Waals surface area contributed by atoms with Crippen molar-refractivity contribution in [2.24, 2.45) is 0 Å². The summed E-state index contributed by atoms with van der Waals surface area (Å²) in [5, 5.41) is 3.51. The molecule has 0 bridgehead atoms. The highest BCUT2D eigenvalue weighted by molar-refractivity contribution is 5.69. The second kappa shape index (κ2) is 8.80. The van der Waals surface area contributed by atoms with Crippen LogP contribution in [0.15, 0.2) is 30.3 Å². The zero-order valence-corrected chi connectivity index (χ0v) is 12.9. The summed E-state index contributed by atoms with van der Waals surface area (Å²) < 4.78 is 4.97. The van der Waals surface area contributed by atoms with Crippen molar-refractivity contribution < 1.29 is 9.53 Å². The van der Waals surface area contributed by atoms with Crippen molar-refractivity contribution in [2.75, 3.05) is 32.8 Å². The van der Waals surface area contributed by atoms with Gasteiger partial charge in [-0.3, -0.25) is 4.79 Å². The van der Waals surface area contributed by atoms with Crippen LogP contribution < -0.4 is 5.32 Å². The van der Waals surface area contributed by atoms with E-state index in [9.17, 15) is 4.79 Å². The van der Waals surface area contributed by atoms with Crippen molar-refractivity contribution in [1.29, 1.82) is 0 Å². The average molecular weight is 290 g/mol. The number of ether oxygens (including phenoxy) is 1. The standard InChI is InChI=1S/C17H26N2O2/c1-2-21-17(20)10-11-18-16(14-19-12-6-7-13-19)15-8-4-3-5-9-15/h3-5,8-9,16,18H,2,6-7,10-14H2,1H3. The summed E-state index contributed by atoms with van der Waals surface area (Å²) in [6, 6.07) is 10.8. The maximum absolute atomic E-state index is 11.4. The summed E-state index contributed by atoms with van der Waals surface area (Å²) in [6.07, 6.45) is 3.02. The second-order valence-electron chi connectivity index (χ2n) is 5.48. The fraction of sp³-hybridized carbons (Fsp3) is 0.588. The van der Waals surface area contributed by atoms with E-state index in [2.05, 4.69) is 34.5 Å². The number of nitrogens with zero attached hydrogens (tertiary/aromatic N) is 1. The molecule has 1 aliphatic rings. The smallest absolute Gasteiger partial charge is 0.307 e. The van der Waals surface area contributed by atoms with E-state index < -0.39 is 0 Å². The van der Waals surface area contributed by atoms with Crippen molar-refractivity contribution in [3.05, 3.63) is 35.9 Å². The summed E-state index contributed by atoms with van der Waals surface area (Å²) in [6.45, 7) is 6.32. The van der Waals surface area contributed by atoms with Gasteiger partial charge in [-0.15, -0.1) is 0 Å². The third kappa shape index (κ3) is 5.48. The van der Waals surface area contributed by atoms with Crippen LogP contribution in [0.2, 0.25) is 0 Å². The van der Waals surface area contributed by atoms with E-state index in [1.165, 1.54) is 31.5 Å². The average Bonchev–Trinajstić information content (AvgIpc) is 3.00. The Morgan fingerprint density at radius 1 is 1.29 bits per heavy atom. The lowest BCUT2D eigenvalue weighted by Gasteiger charge is -2.25. The number of nitrogens with one attached hydrogen (secondary N) is 1. The number of hydrogen-bond acceptors (Lipinski definition) is 4. The number of carbonyl (C=O) groups excluding carboxylic acids is 1. The van der Waals surface area contributed by atoms with Crippen LogP contribution >= 0.6 is 0 Å². The third-order valence-electron chi connectivity index (χ3n) is 3.87. The van der Waals surface area contributed by atoms with Crippen molar-refractivity contribution in [2.45, 2.75) is 32.2 Å². The second-order valence-corrected chi connectivity index (χ2v) is 5.48. The Balaban J connectivity index is 1.87. The summed E-state index contributed by atoms with van der Waals surface area (Å²) in [7, 11) is 0. The van der Waals surface area contributed by atoms with E-state index in [-0.39, 0.29) is 12.0 Å². The lowest BCUT2D eigenvalue weighted by Crippen LogP contribution is -2.34. The first kappa shape index (κ1) is 16.0. The largest absolute Gasteiger partial charge is 0.466 e. The van der Waals surface area contributed by atoms with Gasteiger partial charge in [0.05, 0.1) is 13.0 Å². The number of esters is 1. The molecular formula is C17H26N2O2. The highest BCUT2D eigenvalue weighted by Crippen LogP contribution is 2.17. The van der Waals surface area contributed by atoms with Crippen LogP contribution in [-0.4, -0.2) is 43.7 Å². The molecule has 4 heteroatoms. The van der Waals surface area contributed by atoms with Gasteiger partial charge in [0.25, 0.3) is 0 Å². The van der Waals surface area contributed by atoms with Gasteiger partial charge in [-0.2, -0.15) is 0 Å². The van der Waals surface area contributed by atoms with E-state index in [0.29, 0.717) is 19.6 Å². The Morgan fingerprint density at radius 2 is 2.00 bits per heavy atom. The highest BCUT2D eigenvalue weighted by Gasteiger charge is 2.18. The first-order chi connectivity index (χ1) is 10.3. The fourth-order valence-corrected chi connectivity index (χ4v) is 2.78. The fourth-order valence-electron chi connectivity index (χ4n) is 2.78. The molecule has 0 aromatic heterocycles. The molecule has 1 atom stereocenters. The molecule has 1 fully saturated rings. The summed E-state index contributed by atoms with van der Waals surface area (Å²) in [4.78, 5) is 13.9. The lowest BCUT2D eigenvalue weighted by atomic mass is 10.1. The summed E-state index contributed by atoms with van der Waals surface area (Å²) >= 11 is 0. The predicted molar refractivity (Wildman–Crippen MR) is 84.1 cm³/mol. The van der Waals surface area contributed by atoms with Gasteiger partial charge < -0.3 is 15.0 Å². The van der Waals surface area contributed by atoms with Gasteiger partial charge in [0, 0.05) is 19.1 Å². The SMILES string of the molecule is CCOC(=O)CCNC(CN1CCCC1)c1ccccc1. The van der Waals surface area contributed by atoms with Crippen LogP contribution in [0.1, 0.15) is 37.8 Å². The molecule has 0 radical (unpaired) electrons. The monoisotopic (exact) mass is 290 g/mol. The normalized spacial score (nSPS) is 16.8. The number of hydrogen-bond donors (Lipinski definition) is 1. The van der Waals surface area contributed by atoms with Crippen molar-refractivity contribution in [3.63, 3.8) is 0 Å². The van der Waals surface area contributed by atoms with Crippen LogP contribution in [0.25, 0.3) is 0 Å². The molecule has 0 aliphatic carbocycles. The van der Waals surface area contributed by atoms with Crippen molar-refractivity contribution in [3.8, 4) is 0 Å². The first-order valence-corrected chi connectivity index (χ1v) is 7.96. The molecule has 1 saturated heterocycles. The molecule has 4 nitrogen and oxygen atoms in total. The molecule has 1 aromatic carbocycles. The number of benzene rings is 1. The predicted octanol–water partition coefficient (Wildman–Crippen LogP) is 2.37. The van der Waals surface area contributed by atoms with Crippen LogP contribution in [-0.2, 0) is 9.53 Å². The number of likely N-dealkylation sites (tertiary alicyclic amines) is 1. The zero-order valence-electron chi connectivity index (χ0n) is 12.9. The van der Waals surface area contributed by atoms with Crippen LogP contribution in [0.4, 0.5) is 0 Å². The van der Waals surface area contributed by atoms with Crippen molar-refractivity contribution >= 4 is 5.97 Å². The molecular weight excluding hydrogens is 264 g/mol. The van der Waals surface area contributed by atoms with Gasteiger partial charge in [-0.1, -0.05) is 30.3 Å². The summed E-state index contributed by atoms with van der Waals surface area (Å²) in [5.74, 6) is -0.127. The van der Waals surface area contributed by atoms with Gasteiger partial charge in [0.15, 0.2) is 0 Å². The van der Waals surface area contributed by atoms with E-state index in [0.717, 1.165) is 6.54 Å². The Bertz CT molecular complexity index is 416. The quantitative estimate of drug-likeness (QED) is 0.746. The van der Waals surface area contributed by atoms with Gasteiger partial charge >= 0.3 is 5.97 Å². The number of rotatable bonds is 8. The van der Waals surface area contributed by atoms with E-state index in [4.69, 9.17) is 4.74 Å². The zero-order chi connectivity index (χ0) is 14.9. The molecule has 0 spiro atoms. The van der Waals surface area contributed by atoms with Gasteiger partial charge in [-0.25, -0.2) is 0 Å². The van der Waals surface area contributed by atoms with Crippen LogP contribution in [0.5, 0.6) is 0 Å². The molecule has 21 heavy (non-hydrogen) atoms. The Kier molecular flexibility index (Phi) is 6.70. The molecule has 1 unspecified atom stereocenters. The molecule has 1 aromatic rings. The molecule has 1 N–H and O–H groups in total. The van der Waals surface area contributed by atoms with Gasteiger partial charge in [-0.05, 0) is 38.4 Å². The van der Waals surface area contributed by atoms with Crippen molar-refractivity contribution in [1.82, 2.24) is 10.2 Å². The molecule has 0 saturated carbocycles. The third-order valence-corrected chi connectivity index (χ3v) is 3.87. The van der Waals surface area contributed by atoms with Crippen LogP contribution in [0.3, 0.4) is 0 Å². The minimum absolute atomic E-state index is 0.127. The van der Waals surface area contributed by atoms with Gasteiger partial charge in [0.2, 0.25) is 0 Å². The topological polar surface area (TPSA) is 41.6 Å². The molecule has 1 aliphatic heterocycles. The molecule has 2 rings (SSSR count). The highest BCUT2D eigenvalue weighted by atomic mass is 16.5. The van der Waals surface area contributed by atoms with E-state index >= 15 is 0 Å². The maximum Gasteiger partial charge on any atom is 0.307 e. The van der Waals surface area contributed by atoms with E-state index in [1.54, 1.807) is 0 Å². The number of carbonyl (C=O) groups is 1. The minimum atomic E-state index is -0.127. The molecule has 1 heterocycles. The summed E-state index contributed by atoms with van der Waals surface area (Å²) in [5.41, 5.74) is 1.29. The minimum Gasteiger partial charge on any atom is -0.466 e. The van der Waals surface area contributed by atoms with Crippen LogP contribution in [0, 0.1) is 0 Å². The Morgan fingerprint density at radius 3 is 2.67 bits per heavy atom. The Hall–Kier alpha value is -1.39. The molecule has 0 amide bonds. The van der Waals surface area contributed by atoms with Gasteiger partial charge in [0.1, 0.15) is 0 Å². The maximum atomic E-state index is 11.4.